The summed E-state index contributed by atoms with van der Waals surface area (Å²) in [6.07, 6.45) is 0. The van der Waals surface area contributed by atoms with Crippen LogP contribution in [-0.2, 0) is 11.3 Å². The summed E-state index contributed by atoms with van der Waals surface area (Å²) in [5, 5.41) is 4.86. The average molecular weight is 331 g/mol. The maximum atomic E-state index is 12.1. The second-order valence-electron chi connectivity index (χ2n) is 4.40. The number of nitrogens with zero attached hydrogens (tertiary/aromatic N) is 1. The Bertz CT molecular complexity index is 765. The summed E-state index contributed by atoms with van der Waals surface area (Å²) in [5.41, 5.74) is 1.16. The van der Waals surface area contributed by atoms with Crippen LogP contribution in [0.5, 0.6) is 5.75 Å². The third-order valence-electron chi connectivity index (χ3n) is 2.96. The van der Waals surface area contributed by atoms with Crippen molar-refractivity contribution in [2.75, 3.05) is 7.11 Å². The van der Waals surface area contributed by atoms with Gasteiger partial charge < -0.3 is 9.47 Å². The number of ether oxygens (including phenoxy) is 2. The second-order valence-corrected chi connectivity index (χ2v) is 6.20. The molecule has 0 aliphatic heterocycles. The highest BCUT2D eigenvalue weighted by molar-refractivity contribution is 7.20. The van der Waals surface area contributed by atoms with Gasteiger partial charge in [-0.1, -0.05) is 18.2 Å². The lowest BCUT2D eigenvalue weighted by Crippen LogP contribution is -2.07. The van der Waals surface area contributed by atoms with Crippen LogP contribution in [-0.4, -0.2) is 18.1 Å². The molecular weight excluding hydrogens is 318 g/mol. The van der Waals surface area contributed by atoms with E-state index in [4.69, 9.17) is 9.47 Å². The van der Waals surface area contributed by atoms with Crippen LogP contribution < -0.4 is 4.74 Å². The van der Waals surface area contributed by atoms with Crippen molar-refractivity contribution in [3.05, 3.63) is 58.4 Å². The fourth-order valence-electron chi connectivity index (χ4n) is 1.92. The molecule has 3 rings (SSSR count). The standard InChI is InChI=1S/C16H13NO3S2/c1-19-13-6-3-2-5-12(13)16(18)20-9-11-10-22-15(17-11)14-7-4-8-21-14/h2-8,10H,9H2,1H3. The fraction of sp³-hybridized carbons (Fsp3) is 0.125. The number of methoxy groups -OCH3 is 1. The molecule has 0 unspecified atom stereocenters. The lowest BCUT2D eigenvalue weighted by Gasteiger charge is -2.07. The molecular formula is C16H13NO3S2. The van der Waals surface area contributed by atoms with Gasteiger partial charge in [0.1, 0.15) is 22.9 Å². The Kier molecular flexibility index (Phi) is 4.50. The van der Waals surface area contributed by atoms with Crippen molar-refractivity contribution in [1.29, 1.82) is 0 Å². The van der Waals surface area contributed by atoms with Gasteiger partial charge in [0.25, 0.3) is 0 Å². The smallest absolute Gasteiger partial charge is 0.342 e. The zero-order chi connectivity index (χ0) is 15.4. The number of aromatic nitrogens is 1. The molecule has 6 heteroatoms. The van der Waals surface area contributed by atoms with Crippen molar-refractivity contribution in [1.82, 2.24) is 4.98 Å². The van der Waals surface area contributed by atoms with E-state index in [-0.39, 0.29) is 6.61 Å². The molecule has 2 aromatic heterocycles. The normalized spacial score (nSPS) is 10.4. The Hall–Kier alpha value is -2.18. The molecule has 22 heavy (non-hydrogen) atoms. The molecule has 0 N–H and O–H groups in total. The monoisotopic (exact) mass is 331 g/mol. The zero-order valence-corrected chi connectivity index (χ0v) is 13.4. The maximum absolute atomic E-state index is 12.1. The summed E-state index contributed by atoms with van der Waals surface area (Å²) in [6, 6.07) is 11.0. The second kappa shape index (κ2) is 6.72. The number of esters is 1. The van der Waals surface area contributed by atoms with Gasteiger partial charge in [-0.15, -0.1) is 22.7 Å². The van der Waals surface area contributed by atoms with Crippen LogP contribution in [0.1, 0.15) is 16.1 Å². The van der Waals surface area contributed by atoms with Crippen molar-refractivity contribution in [3.8, 4) is 15.6 Å². The molecule has 0 saturated carbocycles. The highest BCUT2D eigenvalue weighted by atomic mass is 32.1. The third-order valence-corrected chi connectivity index (χ3v) is 4.89. The van der Waals surface area contributed by atoms with Crippen molar-refractivity contribution in [2.45, 2.75) is 6.61 Å². The molecule has 3 aromatic rings. The molecule has 0 aliphatic rings. The van der Waals surface area contributed by atoms with E-state index in [0.29, 0.717) is 11.3 Å². The van der Waals surface area contributed by atoms with Gasteiger partial charge in [-0.2, -0.15) is 0 Å². The van der Waals surface area contributed by atoms with E-state index in [0.717, 1.165) is 15.6 Å². The molecule has 0 spiro atoms. The van der Waals surface area contributed by atoms with Crippen LogP contribution in [0.4, 0.5) is 0 Å². The first-order chi connectivity index (χ1) is 10.8. The molecule has 0 fully saturated rings. The SMILES string of the molecule is COc1ccccc1C(=O)OCc1csc(-c2cccs2)n1. The fourth-order valence-corrected chi connectivity index (χ4v) is 3.54. The summed E-state index contributed by atoms with van der Waals surface area (Å²) in [7, 11) is 1.53. The number of carbonyl (C=O) groups is 1. The minimum atomic E-state index is -0.414. The van der Waals surface area contributed by atoms with Crippen molar-refractivity contribution in [2.24, 2.45) is 0 Å². The van der Waals surface area contributed by atoms with Gasteiger partial charge in [0.05, 0.1) is 17.7 Å². The molecule has 1 aromatic carbocycles. The zero-order valence-electron chi connectivity index (χ0n) is 11.8. The summed E-state index contributed by atoms with van der Waals surface area (Å²) in [6.45, 7) is 0.152. The Labute approximate surface area is 136 Å². The first kappa shape index (κ1) is 14.7. The van der Waals surface area contributed by atoms with Gasteiger partial charge in [-0.3, -0.25) is 0 Å². The molecule has 112 valence electrons. The topological polar surface area (TPSA) is 48.4 Å². The molecule has 2 heterocycles. The van der Waals surface area contributed by atoms with Gasteiger partial charge in [0.15, 0.2) is 0 Å². The Morgan fingerprint density at radius 1 is 1.18 bits per heavy atom. The minimum absolute atomic E-state index is 0.152. The number of thiophene rings is 1. The number of hydrogen-bond donors (Lipinski definition) is 0. The first-order valence-electron chi connectivity index (χ1n) is 6.56. The van der Waals surface area contributed by atoms with Crippen LogP contribution >= 0.6 is 22.7 Å². The number of para-hydroxylation sites is 1. The quantitative estimate of drug-likeness (QED) is 0.656. The van der Waals surface area contributed by atoms with Crippen LogP contribution in [0, 0.1) is 0 Å². The van der Waals surface area contributed by atoms with Crippen LogP contribution in [0.15, 0.2) is 47.2 Å². The van der Waals surface area contributed by atoms with Gasteiger partial charge in [0, 0.05) is 5.38 Å². The Balaban J connectivity index is 1.66. The third kappa shape index (κ3) is 3.18. The molecule has 0 aliphatic carbocycles. The summed E-state index contributed by atoms with van der Waals surface area (Å²) >= 11 is 3.18. The highest BCUT2D eigenvalue weighted by Gasteiger charge is 2.14. The molecule has 0 bridgehead atoms. The van der Waals surface area contributed by atoms with E-state index in [2.05, 4.69) is 4.98 Å². The number of carbonyl (C=O) groups excluding carboxylic acids is 1. The lowest BCUT2D eigenvalue weighted by molar-refractivity contribution is 0.0465. The van der Waals surface area contributed by atoms with E-state index >= 15 is 0 Å². The predicted octanol–water partition coefficient (Wildman–Crippen LogP) is 4.24. The van der Waals surface area contributed by atoms with Gasteiger partial charge in [0.2, 0.25) is 0 Å². The first-order valence-corrected chi connectivity index (χ1v) is 8.32. The average Bonchev–Trinajstić information content (AvgIpc) is 3.23. The predicted molar refractivity (Wildman–Crippen MR) is 87.5 cm³/mol. The number of hydrogen-bond acceptors (Lipinski definition) is 6. The molecule has 0 radical (unpaired) electrons. The minimum Gasteiger partial charge on any atom is -0.496 e. The molecule has 0 amide bonds. The maximum Gasteiger partial charge on any atom is 0.342 e. The number of benzene rings is 1. The summed E-state index contributed by atoms with van der Waals surface area (Å²) in [4.78, 5) is 17.7. The van der Waals surface area contributed by atoms with Gasteiger partial charge in [-0.25, -0.2) is 9.78 Å². The molecule has 0 atom stereocenters. The highest BCUT2D eigenvalue weighted by Crippen LogP contribution is 2.28. The van der Waals surface area contributed by atoms with E-state index in [9.17, 15) is 4.79 Å². The van der Waals surface area contributed by atoms with Gasteiger partial charge >= 0.3 is 5.97 Å². The van der Waals surface area contributed by atoms with Crippen molar-refractivity contribution in [3.63, 3.8) is 0 Å². The van der Waals surface area contributed by atoms with E-state index in [1.165, 1.54) is 7.11 Å². The van der Waals surface area contributed by atoms with Crippen LogP contribution in [0.3, 0.4) is 0 Å². The summed E-state index contributed by atoms with van der Waals surface area (Å²) < 4.78 is 10.5. The van der Waals surface area contributed by atoms with Crippen LogP contribution in [0.2, 0.25) is 0 Å². The van der Waals surface area contributed by atoms with Crippen molar-refractivity contribution >= 4 is 28.6 Å². The van der Waals surface area contributed by atoms with E-state index < -0.39 is 5.97 Å². The van der Waals surface area contributed by atoms with Crippen LogP contribution in [0.25, 0.3) is 9.88 Å². The largest absolute Gasteiger partial charge is 0.496 e. The van der Waals surface area contributed by atoms with Crippen molar-refractivity contribution < 1.29 is 14.3 Å². The molecule has 0 saturated heterocycles. The lowest BCUT2D eigenvalue weighted by atomic mass is 10.2. The number of thiazole rings is 1. The van der Waals surface area contributed by atoms with E-state index in [1.54, 1.807) is 40.9 Å². The Morgan fingerprint density at radius 3 is 2.82 bits per heavy atom. The Morgan fingerprint density at radius 2 is 2.05 bits per heavy atom. The summed E-state index contributed by atoms with van der Waals surface area (Å²) in [5.74, 6) is 0.0909. The van der Waals surface area contributed by atoms with Gasteiger partial charge in [-0.05, 0) is 23.6 Å². The van der Waals surface area contributed by atoms with E-state index in [1.807, 2.05) is 29.0 Å². The number of rotatable bonds is 5. The molecule has 4 nitrogen and oxygen atoms in total.